The Balaban J connectivity index is 2.25. The van der Waals surface area contributed by atoms with Crippen LogP contribution in [-0.2, 0) is 4.74 Å². The third kappa shape index (κ3) is 3.94. The summed E-state index contributed by atoms with van der Waals surface area (Å²) >= 11 is 0. The predicted octanol–water partition coefficient (Wildman–Crippen LogP) is 2.94. The van der Waals surface area contributed by atoms with Crippen molar-refractivity contribution in [2.24, 2.45) is 0 Å². The summed E-state index contributed by atoms with van der Waals surface area (Å²) in [7, 11) is 1.58. The van der Waals surface area contributed by atoms with E-state index in [-0.39, 0.29) is 5.91 Å². The molecule has 1 aromatic heterocycles. The van der Waals surface area contributed by atoms with Crippen molar-refractivity contribution in [1.29, 1.82) is 0 Å². The Morgan fingerprint density at radius 2 is 1.86 bits per heavy atom. The number of fused-ring (bicyclic) bond motifs is 1. The number of rotatable bonds is 2. The largest absolute Gasteiger partial charge is 0.444 e. The average molecular weight is 301 g/mol. The maximum Gasteiger partial charge on any atom is 0.413 e. The Hall–Kier alpha value is -2.63. The van der Waals surface area contributed by atoms with Crippen LogP contribution >= 0.6 is 0 Å². The number of nitrogens with one attached hydrogen (secondary N) is 2. The number of amides is 2. The quantitative estimate of drug-likeness (QED) is 0.893. The zero-order chi connectivity index (χ0) is 16.3. The van der Waals surface area contributed by atoms with E-state index in [2.05, 4.69) is 15.6 Å². The molecular weight excluding hydrogens is 282 g/mol. The molecule has 0 saturated heterocycles. The molecule has 22 heavy (non-hydrogen) atoms. The van der Waals surface area contributed by atoms with Gasteiger partial charge in [0, 0.05) is 24.2 Å². The second kappa shape index (κ2) is 6.01. The van der Waals surface area contributed by atoms with E-state index in [1.54, 1.807) is 52.2 Å². The van der Waals surface area contributed by atoms with Crippen LogP contribution in [0.3, 0.4) is 0 Å². The van der Waals surface area contributed by atoms with Gasteiger partial charge in [-0.25, -0.2) is 9.78 Å². The fourth-order valence-electron chi connectivity index (χ4n) is 1.90. The van der Waals surface area contributed by atoms with Crippen molar-refractivity contribution in [3.63, 3.8) is 0 Å². The Morgan fingerprint density at radius 1 is 1.14 bits per heavy atom. The highest BCUT2D eigenvalue weighted by Crippen LogP contribution is 2.19. The van der Waals surface area contributed by atoms with E-state index in [9.17, 15) is 9.59 Å². The molecule has 0 atom stereocenters. The van der Waals surface area contributed by atoms with E-state index in [0.717, 1.165) is 10.8 Å². The van der Waals surface area contributed by atoms with E-state index in [1.807, 2.05) is 6.07 Å². The first-order chi connectivity index (χ1) is 10.3. The smallest absolute Gasteiger partial charge is 0.413 e. The Bertz CT molecular complexity index is 720. The molecule has 0 aliphatic carbocycles. The van der Waals surface area contributed by atoms with Crippen molar-refractivity contribution in [2.75, 3.05) is 12.4 Å². The minimum Gasteiger partial charge on any atom is -0.444 e. The van der Waals surface area contributed by atoms with Gasteiger partial charge < -0.3 is 10.1 Å². The number of aromatic nitrogens is 1. The lowest BCUT2D eigenvalue weighted by molar-refractivity contribution is 0.0635. The average Bonchev–Trinajstić information content (AvgIpc) is 2.43. The Kier molecular flexibility index (Phi) is 4.30. The van der Waals surface area contributed by atoms with Crippen LogP contribution in [-0.4, -0.2) is 29.6 Å². The lowest BCUT2D eigenvalue weighted by Crippen LogP contribution is -2.27. The van der Waals surface area contributed by atoms with Crippen LogP contribution < -0.4 is 10.6 Å². The monoisotopic (exact) mass is 301 g/mol. The van der Waals surface area contributed by atoms with Gasteiger partial charge in [-0.3, -0.25) is 10.1 Å². The molecule has 0 radical (unpaired) electrons. The summed E-state index contributed by atoms with van der Waals surface area (Å²) in [5, 5.41) is 6.84. The molecule has 2 amide bonds. The molecule has 0 aliphatic heterocycles. The van der Waals surface area contributed by atoms with Gasteiger partial charge in [0.05, 0.1) is 0 Å². The number of benzene rings is 1. The van der Waals surface area contributed by atoms with Crippen LogP contribution in [0, 0.1) is 0 Å². The molecule has 0 spiro atoms. The first-order valence-electron chi connectivity index (χ1n) is 6.90. The molecule has 2 aromatic rings. The molecule has 2 N–H and O–H groups in total. The molecule has 0 bridgehead atoms. The minimum atomic E-state index is -0.576. The topological polar surface area (TPSA) is 80.3 Å². The van der Waals surface area contributed by atoms with Gasteiger partial charge in [-0.05, 0) is 44.4 Å². The summed E-state index contributed by atoms with van der Waals surface area (Å²) in [4.78, 5) is 27.6. The summed E-state index contributed by atoms with van der Waals surface area (Å²) in [6, 6.07) is 6.98. The van der Waals surface area contributed by atoms with Gasteiger partial charge >= 0.3 is 6.09 Å². The summed E-state index contributed by atoms with van der Waals surface area (Å²) in [5.74, 6) is 0.205. The number of hydrogen-bond acceptors (Lipinski definition) is 4. The highest BCUT2D eigenvalue weighted by molar-refractivity contribution is 5.99. The molecule has 0 saturated carbocycles. The third-order valence-electron chi connectivity index (χ3n) is 2.84. The number of ether oxygens (including phenoxy) is 1. The second-order valence-electron chi connectivity index (χ2n) is 5.84. The van der Waals surface area contributed by atoms with E-state index in [4.69, 9.17) is 4.74 Å². The second-order valence-corrected chi connectivity index (χ2v) is 5.84. The van der Waals surface area contributed by atoms with Crippen molar-refractivity contribution in [1.82, 2.24) is 10.3 Å². The number of anilines is 1. The maximum atomic E-state index is 11.7. The van der Waals surface area contributed by atoms with Crippen molar-refractivity contribution in [2.45, 2.75) is 26.4 Å². The molecule has 0 aliphatic rings. The first kappa shape index (κ1) is 15.8. The highest BCUT2D eigenvalue weighted by Gasteiger charge is 2.16. The molecular formula is C16H19N3O3. The van der Waals surface area contributed by atoms with Crippen LogP contribution in [0.1, 0.15) is 31.1 Å². The summed E-state index contributed by atoms with van der Waals surface area (Å²) < 4.78 is 5.18. The van der Waals surface area contributed by atoms with Crippen molar-refractivity contribution < 1.29 is 14.3 Å². The van der Waals surface area contributed by atoms with Crippen LogP contribution in [0.5, 0.6) is 0 Å². The van der Waals surface area contributed by atoms with E-state index < -0.39 is 11.7 Å². The molecule has 1 heterocycles. The van der Waals surface area contributed by atoms with Crippen molar-refractivity contribution >= 4 is 28.6 Å². The number of pyridine rings is 1. The fourth-order valence-corrected chi connectivity index (χ4v) is 1.90. The molecule has 6 heteroatoms. The van der Waals surface area contributed by atoms with Crippen molar-refractivity contribution in [3.8, 4) is 0 Å². The molecule has 116 valence electrons. The summed E-state index contributed by atoms with van der Waals surface area (Å²) in [6.45, 7) is 5.36. The number of carbonyl (C=O) groups excluding carboxylic acids is 2. The van der Waals surface area contributed by atoms with Crippen LogP contribution in [0.25, 0.3) is 10.8 Å². The molecule has 1 aromatic carbocycles. The number of hydrogen-bond donors (Lipinski definition) is 2. The first-order valence-corrected chi connectivity index (χ1v) is 6.90. The minimum absolute atomic E-state index is 0.166. The van der Waals surface area contributed by atoms with Gasteiger partial charge in [0.2, 0.25) is 0 Å². The molecule has 6 nitrogen and oxygen atoms in total. The van der Waals surface area contributed by atoms with Gasteiger partial charge in [-0.15, -0.1) is 0 Å². The van der Waals surface area contributed by atoms with E-state index in [0.29, 0.717) is 11.4 Å². The lowest BCUT2D eigenvalue weighted by Gasteiger charge is -2.19. The zero-order valence-corrected chi connectivity index (χ0v) is 13.1. The Labute approximate surface area is 128 Å². The van der Waals surface area contributed by atoms with Gasteiger partial charge in [-0.2, -0.15) is 0 Å². The zero-order valence-electron chi connectivity index (χ0n) is 13.1. The van der Waals surface area contributed by atoms with Gasteiger partial charge in [-0.1, -0.05) is 6.07 Å². The number of nitrogens with zero attached hydrogens (tertiary/aromatic N) is 1. The van der Waals surface area contributed by atoms with Crippen molar-refractivity contribution in [3.05, 3.63) is 36.0 Å². The predicted molar refractivity (Wildman–Crippen MR) is 85.0 cm³/mol. The SMILES string of the molecule is CNC(=O)c1ccc2cnc(NC(=O)OC(C)(C)C)cc2c1. The van der Waals surface area contributed by atoms with E-state index >= 15 is 0 Å². The van der Waals surface area contributed by atoms with Gasteiger partial charge in [0.1, 0.15) is 11.4 Å². The fraction of sp³-hybridized carbons (Fsp3) is 0.312. The lowest BCUT2D eigenvalue weighted by atomic mass is 10.1. The number of carbonyl (C=O) groups is 2. The standard InChI is InChI=1S/C16H19N3O3/c1-16(2,3)22-15(21)19-13-8-12-7-10(14(20)17-4)5-6-11(12)9-18-13/h5-9H,1-4H3,(H,17,20)(H,18,19,21). The maximum absolute atomic E-state index is 11.7. The van der Waals surface area contributed by atoms with E-state index in [1.165, 1.54) is 0 Å². The highest BCUT2D eigenvalue weighted by atomic mass is 16.6. The molecule has 0 fully saturated rings. The van der Waals surface area contributed by atoms with Gasteiger partial charge in [0.25, 0.3) is 5.91 Å². The Morgan fingerprint density at radius 3 is 2.50 bits per heavy atom. The summed E-state index contributed by atoms with van der Waals surface area (Å²) in [6.07, 6.45) is 1.07. The summed E-state index contributed by atoms with van der Waals surface area (Å²) in [5.41, 5.74) is -0.0303. The van der Waals surface area contributed by atoms with Crippen LogP contribution in [0.4, 0.5) is 10.6 Å². The van der Waals surface area contributed by atoms with Gasteiger partial charge in [0.15, 0.2) is 0 Å². The van der Waals surface area contributed by atoms with Crippen LogP contribution in [0.15, 0.2) is 30.5 Å². The van der Waals surface area contributed by atoms with Crippen LogP contribution in [0.2, 0.25) is 0 Å². The molecule has 0 unspecified atom stereocenters. The molecule has 2 rings (SSSR count). The third-order valence-corrected chi connectivity index (χ3v) is 2.84. The normalized spacial score (nSPS) is 11.1.